The molecule has 5 heteroatoms. The van der Waals surface area contributed by atoms with E-state index in [-0.39, 0.29) is 5.84 Å². The van der Waals surface area contributed by atoms with Crippen molar-refractivity contribution >= 4 is 5.84 Å². The van der Waals surface area contributed by atoms with E-state index in [9.17, 15) is 0 Å². The lowest BCUT2D eigenvalue weighted by Crippen LogP contribution is -2.27. The molecule has 0 amide bonds. The average Bonchev–Trinajstić information content (AvgIpc) is 2.51. The largest absolute Gasteiger partial charge is 0.496 e. The normalized spacial score (nSPS) is 14.8. The van der Waals surface area contributed by atoms with Crippen molar-refractivity contribution in [1.82, 2.24) is 5.32 Å². The van der Waals surface area contributed by atoms with Crippen LogP contribution < -0.4 is 15.8 Å². The predicted octanol–water partition coefficient (Wildman–Crippen LogP) is 2.70. The Hall–Kier alpha value is -1.75. The molecule has 0 spiro atoms. The van der Waals surface area contributed by atoms with Crippen LogP contribution in [-0.2, 0) is 6.54 Å². The number of nitrogens with one attached hydrogen (secondary N) is 1. The number of ether oxygens (including phenoxy) is 1. The van der Waals surface area contributed by atoms with Crippen molar-refractivity contribution < 1.29 is 9.94 Å². The number of nitrogens with two attached hydrogens (primary N) is 1. The second kappa shape index (κ2) is 8.52. The van der Waals surface area contributed by atoms with Gasteiger partial charge in [-0.2, -0.15) is 0 Å². The molecule has 0 aliphatic heterocycles. The van der Waals surface area contributed by atoms with Gasteiger partial charge in [-0.05, 0) is 37.0 Å². The maximum atomic E-state index is 8.84. The Bertz CT molecular complexity index is 475. The topological polar surface area (TPSA) is 79.9 Å². The van der Waals surface area contributed by atoms with Crippen LogP contribution in [0.2, 0.25) is 0 Å². The number of amidine groups is 1. The molecule has 0 heterocycles. The Labute approximate surface area is 127 Å². The highest BCUT2D eigenvalue weighted by atomic mass is 16.5. The van der Waals surface area contributed by atoms with Gasteiger partial charge in [0.05, 0.1) is 12.7 Å². The molecule has 2 unspecified atom stereocenters. The highest BCUT2D eigenvalue weighted by Gasteiger charge is 2.10. The van der Waals surface area contributed by atoms with Crippen molar-refractivity contribution in [3.63, 3.8) is 0 Å². The van der Waals surface area contributed by atoms with Gasteiger partial charge >= 0.3 is 0 Å². The van der Waals surface area contributed by atoms with Crippen LogP contribution >= 0.6 is 0 Å². The summed E-state index contributed by atoms with van der Waals surface area (Å²) in [5, 5.41) is 15.4. The van der Waals surface area contributed by atoms with Crippen LogP contribution in [0.3, 0.4) is 0 Å². The van der Waals surface area contributed by atoms with Crippen LogP contribution in [0.25, 0.3) is 0 Å². The van der Waals surface area contributed by atoms with Gasteiger partial charge in [-0.15, -0.1) is 0 Å². The Morgan fingerprint density at radius 1 is 1.43 bits per heavy atom. The molecule has 21 heavy (non-hydrogen) atoms. The molecule has 1 aromatic carbocycles. The smallest absolute Gasteiger partial charge is 0.173 e. The maximum absolute atomic E-state index is 8.84. The lowest BCUT2D eigenvalue weighted by Gasteiger charge is -2.18. The number of hydrogen-bond acceptors (Lipinski definition) is 4. The molecule has 1 aromatic rings. The van der Waals surface area contributed by atoms with Gasteiger partial charge in [-0.25, -0.2) is 0 Å². The Morgan fingerprint density at radius 2 is 2.14 bits per heavy atom. The average molecular weight is 293 g/mol. The van der Waals surface area contributed by atoms with Crippen LogP contribution in [0.5, 0.6) is 5.75 Å². The van der Waals surface area contributed by atoms with E-state index in [2.05, 4.69) is 31.2 Å². The van der Waals surface area contributed by atoms with Crippen molar-refractivity contribution in [2.45, 2.75) is 46.2 Å². The molecule has 0 radical (unpaired) electrons. The molecule has 1 rings (SSSR count). The molecule has 0 aliphatic carbocycles. The van der Waals surface area contributed by atoms with Gasteiger partial charge in [0.25, 0.3) is 0 Å². The van der Waals surface area contributed by atoms with Crippen molar-refractivity contribution in [3.8, 4) is 5.75 Å². The Morgan fingerprint density at radius 3 is 2.71 bits per heavy atom. The first kappa shape index (κ1) is 17.3. The lowest BCUT2D eigenvalue weighted by atomic mass is 10.00. The first-order valence-corrected chi connectivity index (χ1v) is 7.40. The van der Waals surface area contributed by atoms with E-state index < -0.39 is 0 Å². The second-order valence-electron chi connectivity index (χ2n) is 5.55. The van der Waals surface area contributed by atoms with Gasteiger partial charge in [-0.3, -0.25) is 0 Å². The molecule has 0 aromatic heterocycles. The van der Waals surface area contributed by atoms with E-state index in [4.69, 9.17) is 15.7 Å². The molecular formula is C16H27N3O2. The minimum Gasteiger partial charge on any atom is -0.496 e. The summed E-state index contributed by atoms with van der Waals surface area (Å²) in [6.07, 6.45) is 2.35. The SMILES string of the molecule is CCC(C)CC(C)NCc1ccc(OC)c(C(N)=NO)c1. The number of oxime groups is 1. The van der Waals surface area contributed by atoms with Gasteiger partial charge in [0.15, 0.2) is 5.84 Å². The first-order valence-electron chi connectivity index (χ1n) is 7.40. The van der Waals surface area contributed by atoms with E-state index in [1.165, 1.54) is 6.42 Å². The third-order valence-corrected chi connectivity index (χ3v) is 3.76. The summed E-state index contributed by atoms with van der Waals surface area (Å²) in [4.78, 5) is 0. The molecule has 5 nitrogen and oxygen atoms in total. The van der Waals surface area contributed by atoms with Gasteiger partial charge < -0.3 is 21.0 Å². The van der Waals surface area contributed by atoms with Crippen molar-refractivity contribution in [3.05, 3.63) is 29.3 Å². The summed E-state index contributed by atoms with van der Waals surface area (Å²) in [6.45, 7) is 7.42. The minimum atomic E-state index is 0.0568. The molecular weight excluding hydrogens is 266 g/mol. The molecule has 2 atom stereocenters. The minimum absolute atomic E-state index is 0.0568. The summed E-state index contributed by atoms with van der Waals surface area (Å²) in [7, 11) is 1.57. The number of rotatable bonds is 8. The molecule has 4 N–H and O–H groups in total. The number of methoxy groups -OCH3 is 1. The fourth-order valence-corrected chi connectivity index (χ4v) is 2.26. The van der Waals surface area contributed by atoms with Crippen LogP contribution in [0, 0.1) is 5.92 Å². The molecule has 0 saturated heterocycles. The van der Waals surface area contributed by atoms with E-state index >= 15 is 0 Å². The van der Waals surface area contributed by atoms with E-state index in [0.717, 1.165) is 24.4 Å². The van der Waals surface area contributed by atoms with E-state index in [1.54, 1.807) is 7.11 Å². The number of benzene rings is 1. The Balaban J connectivity index is 2.72. The van der Waals surface area contributed by atoms with Gasteiger partial charge in [0, 0.05) is 12.6 Å². The van der Waals surface area contributed by atoms with Crippen LogP contribution in [0.15, 0.2) is 23.4 Å². The molecule has 0 aliphatic rings. The monoisotopic (exact) mass is 293 g/mol. The molecule has 118 valence electrons. The zero-order chi connectivity index (χ0) is 15.8. The van der Waals surface area contributed by atoms with Gasteiger partial charge in [0.1, 0.15) is 5.75 Å². The highest BCUT2D eigenvalue weighted by molar-refractivity contribution is 5.99. The third-order valence-electron chi connectivity index (χ3n) is 3.76. The van der Waals surface area contributed by atoms with E-state index in [1.807, 2.05) is 18.2 Å². The molecule has 0 saturated carbocycles. The van der Waals surface area contributed by atoms with Crippen molar-refractivity contribution in [2.75, 3.05) is 7.11 Å². The number of hydrogen-bond donors (Lipinski definition) is 3. The molecule has 0 fully saturated rings. The first-order chi connectivity index (χ1) is 10.0. The van der Waals surface area contributed by atoms with Gasteiger partial charge in [0.2, 0.25) is 0 Å². The second-order valence-corrected chi connectivity index (χ2v) is 5.55. The van der Waals surface area contributed by atoms with Crippen LogP contribution in [0.1, 0.15) is 44.7 Å². The lowest BCUT2D eigenvalue weighted by molar-refractivity contribution is 0.318. The zero-order valence-electron chi connectivity index (χ0n) is 13.4. The number of nitrogens with zero attached hydrogens (tertiary/aromatic N) is 1. The summed E-state index contributed by atoms with van der Waals surface area (Å²) in [5.41, 5.74) is 7.36. The quantitative estimate of drug-likeness (QED) is 0.298. The fraction of sp³-hybridized carbons (Fsp3) is 0.562. The fourth-order valence-electron chi connectivity index (χ4n) is 2.26. The van der Waals surface area contributed by atoms with Crippen LogP contribution in [0.4, 0.5) is 0 Å². The maximum Gasteiger partial charge on any atom is 0.173 e. The standard InChI is InChI=1S/C16H27N3O2/c1-5-11(2)8-12(3)18-10-13-6-7-15(21-4)14(9-13)16(17)19-20/h6-7,9,11-12,18,20H,5,8,10H2,1-4H3,(H2,17,19). The van der Waals surface area contributed by atoms with Crippen molar-refractivity contribution in [1.29, 1.82) is 0 Å². The van der Waals surface area contributed by atoms with Crippen LogP contribution in [-0.4, -0.2) is 24.2 Å². The third kappa shape index (κ3) is 5.27. The zero-order valence-corrected chi connectivity index (χ0v) is 13.4. The van der Waals surface area contributed by atoms with Crippen molar-refractivity contribution in [2.24, 2.45) is 16.8 Å². The highest BCUT2D eigenvalue weighted by Crippen LogP contribution is 2.20. The Kier molecular flexibility index (Phi) is 7.02. The summed E-state index contributed by atoms with van der Waals surface area (Å²) in [5.74, 6) is 1.37. The summed E-state index contributed by atoms with van der Waals surface area (Å²) in [6, 6.07) is 6.16. The van der Waals surface area contributed by atoms with Gasteiger partial charge in [-0.1, -0.05) is 31.5 Å². The predicted molar refractivity (Wildman–Crippen MR) is 85.9 cm³/mol. The molecule has 0 bridgehead atoms. The summed E-state index contributed by atoms with van der Waals surface area (Å²) < 4.78 is 5.22. The summed E-state index contributed by atoms with van der Waals surface area (Å²) >= 11 is 0. The van der Waals surface area contributed by atoms with E-state index in [0.29, 0.717) is 17.4 Å².